The summed E-state index contributed by atoms with van der Waals surface area (Å²) in [6.07, 6.45) is 2.19. The first-order valence-corrected chi connectivity index (χ1v) is 2.52. The van der Waals surface area contributed by atoms with E-state index in [1.165, 1.54) is 12.3 Å². The van der Waals surface area contributed by atoms with Gasteiger partial charge in [-0.2, -0.15) is 0 Å². The Morgan fingerprint density at radius 2 is 2.33 bits per heavy atom. The van der Waals surface area contributed by atoms with Gasteiger partial charge in [0.1, 0.15) is 0 Å². The quantitative estimate of drug-likeness (QED) is 0.510. The van der Waals surface area contributed by atoms with Crippen LogP contribution in [-0.4, -0.2) is 22.9 Å². The highest BCUT2D eigenvalue weighted by molar-refractivity contribution is 5.65. The molecule has 0 unspecified atom stereocenters. The molecule has 0 atom stereocenters. The van der Waals surface area contributed by atoms with Crippen molar-refractivity contribution in [2.45, 2.75) is 6.42 Å². The van der Waals surface area contributed by atoms with E-state index in [4.69, 9.17) is 10.2 Å². The number of carbonyl (C=O) groups is 1. The molecular formula is C5H9NO3. The molecule has 0 radical (unpaired) electrons. The van der Waals surface area contributed by atoms with Gasteiger partial charge in [-0.15, -0.1) is 0 Å². The van der Waals surface area contributed by atoms with Gasteiger partial charge in [-0.25, -0.2) is 4.79 Å². The van der Waals surface area contributed by atoms with Crippen molar-refractivity contribution in [2.75, 3.05) is 6.61 Å². The zero-order valence-electron chi connectivity index (χ0n) is 4.87. The molecule has 52 valence electrons. The lowest BCUT2D eigenvalue weighted by atomic mass is 10.4. The summed E-state index contributed by atoms with van der Waals surface area (Å²) in [7, 11) is 0. The van der Waals surface area contributed by atoms with E-state index in [0.717, 1.165) is 0 Å². The molecule has 0 aliphatic rings. The number of aliphatic hydroxyl groups excluding tert-OH is 1. The first-order chi connectivity index (χ1) is 4.27. The van der Waals surface area contributed by atoms with Crippen molar-refractivity contribution in [3.63, 3.8) is 0 Å². The zero-order chi connectivity index (χ0) is 7.11. The standard InChI is InChI=1S/C5H9NO3/c7-4-2-1-3-6-5(8)9/h1,3,6-7H,2,4H2,(H,8,9). The van der Waals surface area contributed by atoms with Crippen molar-refractivity contribution in [3.05, 3.63) is 12.3 Å². The second-order valence-corrected chi connectivity index (χ2v) is 1.36. The number of rotatable bonds is 3. The lowest BCUT2D eigenvalue weighted by Gasteiger charge is -1.87. The van der Waals surface area contributed by atoms with E-state index in [-0.39, 0.29) is 6.61 Å². The van der Waals surface area contributed by atoms with Crippen molar-refractivity contribution in [2.24, 2.45) is 0 Å². The van der Waals surface area contributed by atoms with Crippen LogP contribution in [0.3, 0.4) is 0 Å². The molecule has 0 saturated carbocycles. The predicted octanol–water partition coefficient (Wildman–Crippen LogP) is 0.150. The molecule has 0 bridgehead atoms. The molecule has 0 aromatic rings. The van der Waals surface area contributed by atoms with Gasteiger partial charge in [0.2, 0.25) is 0 Å². The van der Waals surface area contributed by atoms with Crippen LogP contribution >= 0.6 is 0 Å². The van der Waals surface area contributed by atoms with Crippen molar-refractivity contribution < 1.29 is 15.0 Å². The van der Waals surface area contributed by atoms with Crippen LogP contribution < -0.4 is 5.32 Å². The van der Waals surface area contributed by atoms with Gasteiger partial charge < -0.3 is 10.2 Å². The normalized spacial score (nSPS) is 9.89. The largest absolute Gasteiger partial charge is 0.465 e. The van der Waals surface area contributed by atoms with E-state index in [1.54, 1.807) is 0 Å². The Hall–Kier alpha value is -1.03. The molecular weight excluding hydrogens is 122 g/mol. The third-order valence-electron chi connectivity index (χ3n) is 0.620. The van der Waals surface area contributed by atoms with Crippen LogP contribution in [0.4, 0.5) is 4.79 Å². The summed E-state index contributed by atoms with van der Waals surface area (Å²) in [5.41, 5.74) is 0. The lowest BCUT2D eigenvalue weighted by molar-refractivity contribution is 0.198. The highest BCUT2D eigenvalue weighted by Gasteiger charge is 1.83. The van der Waals surface area contributed by atoms with Crippen LogP contribution in [0, 0.1) is 0 Å². The second kappa shape index (κ2) is 5.11. The summed E-state index contributed by atoms with van der Waals surface area (Å²) >= 11 is 0. The summed E-state index contributed by atoms with van der Waals surface area (Å²) in [5.74, 6) is 0. The Morgan fingerprint density at radius 3 is 2.78 bits per heavy atom. The third kappa shape index (κ3) is 6.97. The Morgan fingerprint density at radius 1 is 1.67 bits per heavy atom. The van der Waals surface area contributed by atoms with Crippen LogP contribution in [0.5, 0.6) is 0 Å². The van der Waals surface area contributed by atoms with Crippen molar-refractivity contribution in [1.29, 1.82) is 0 Å². The molecule has 0 aliphatic heterocycles. The van der Waals surface area contributed by atoms with Gasteiger partial charge >= 0.3 is 6.09 Å². The van der Waals surface area contributed by atoms with E-state index in [2.05, 4.69) is 0 Å². The molecule has 0 spiro atoms. The van der Waals surface area contributed by atoms with Gasteiger partial charge in [0, 0.05) is 12.8 Å². The molecule has 0 saturated heterocycles. The van der Waals surface area contributed by atoms with Crippen LogP contribution in [-0.2, 0) is 0 Å². The molecule has 0 fully saturated rings. The molecule has 0 aromatic heterocycles. The van der Waals surface area contributed by atoms with E-state index < -0.39 is 6.09 Å². The highest BCUT2D eigenvalue weighted by Crippen LogP contribution is 1.76. The monoisotopic (exact) mass is 131 g/mol. The number of hydrogen-bond donors (Lipinski definition) is 3. The molecule has 0 rings (SSSR count). The lowest BCUT2D eigenvalue weighted by Crippen LogP contribution is -2.12. The Kier molecular flexibility index (Phi) is 4.53. The average molecular weight is 131 g/mol. The van der Waals surface area contributed by atoms with Gasteiger partial charge in [-0.05, 0) is 6.42 Å². The SMILES string of the molecule is O=C(O)NC=CCCO. The summed E-state index contributed by atoms with van der Waals surface area (Å²) in [4.78, 5) is 9.74. The fraction of sp³-hybridized carbons (Fsp3) is 0.400. The maximum atomic E-state index is 9.74. The van der Waals surface area contributed by atoms with E-state index in [1.807, 2.05) is 5.32 Å². The minimum absolute atomic E-state index is 0.0395. The van der Waals surface area contributed by atoms with Crippen LogP contribution in [0.25, 0.3) is 0 Å². The minimum atomic E-state index is -1.09. The molecule has 0 aromatic carbocycles. The maximum Gasteiger partial charge on any atom is 0.408 e. The summed E-state index contributed by atoms with van der Waals surface area (Å²) in [5, 5.41) is 18.2. The molecule has 0 heterocycles. The van der Waals surface area contributed by atoms with Crippen molar-refractivity contribution >= 4 is 6.09 Å². The van der Waals surface area contributed by atoms with Gasteiger partial charge in [0.15, 0.2) is 0 Å². The summed E-state index contributed by atoms with van der Waals surface area (Å²) in [6.45, 7) is 0.0395. The van der Waals surface area contributed by atoms with Gasteiger partial charge in [0.25, 0.3) is 0 Å². The van der Waals surface area contributed by atoms with Crippen molar-refractivity contribution in [3.8, 4) is 0 Å². The van der Waals surface area contributed by atoms with Gasteiger partial charge in [0.05, 0.1) is 0 Å². The van der Waals surface area contributed by atoms with E-state index >= 15 is 0 Å². The third-order valence-corrected chi connectivity index (χ3v) is 0.620. The highest BCUT2D eigenvalue weighted by atomic mass is 16.4. The van der Waals surface area contributed by atoms with E-state index in [9.17, 15) is 4.79 Å². The molecule has 4 nitrogen and oxygen atoms in total. The summed E-state index contributed by atoms with van der Waals surface area (Å²) in [6, 6.07) is 0. The Labute approximate surface area is 52.8 Å². The fourth-order valence-corrected chi connectivity index (χ4v) is 0.288. The first-order valence-electron chi connectivity index (χ1n) is 2.52. The van der Waals surface area contributed by atoms with Crippen LogP contribution in [0.1, 0.15) is 6.42 Å². The number of hydrogen-bond acceptors (Lipinski definition) is 2. The number of amides is 1. The summed E-state index contributed by atoms with van der Waals surface area (Å²) < 4.78 is 0. The minimum Gasteiger partial charge on any atom is -0.465 e. The Balaban J connectivity index is 3.14. The van der Waals surface area contributed by atoms with Gasteiger partial charge in [-0.3, -0.25) is 5.32 Å². The second-order valence-electron chi connectivity index (χ2n) is 1.36. The molecule has 1 amide bonds. The maximum absolute atomic E-state index is 9.74. The number of carboxylic acid groups (broad SMARTS) is 1. The topological polar surface area (TPSA) is 69.6 Å². The van der Waals surface area contributed by atoms with Crippen LogP contribution in [0.15, 0.2) is 12.3 Å². The van der Waals surface area contributed by atoms with Crippen LogP contribution in [0.2, 0.25) is 0 Å². The van der Waals surface area contributed by atoms with E-state index in [0.29, 0.717) is 6.42 Å². The molecule has 0 aliphatic carbocycles. The first kappa shape index (κ1) is 7.97. The molecule has 3 N–H and O–H groups in total. The molecule has 9 heavy (non-hydrogen) atoms. The van der Waals surface area contributed by atoms with Crippen molar-refractivity contribution in [1.82, 2.24) is 5.32 Å². The predicted molar refractivity (Wildman–Crippen MR) is 32.0 cm³/mol. The zero-order valence-corrected chi connectivity index (χ0v) is 4.87. The van der Waals surface area contributed by atoms with Gasteiger partial charge in [-0.1, -0.05) is 6.08 Å². The smallest absolute Gasteiger partial charge is 0.408 e. The Bertz CT molecular complexity index is 111. The molecule has 4 heteroatoms. The number of nitrogens with one attached hydrogen (secondary N) is 1. The average Bonchev–Trinajstić information content (AvgIpc) is 1.80. The number of aliphatic hydroxyl groups is 1. The fourth-order valence-electron chi connectivity index (χ4n) is 0.288.